The lowest BCUT2D eigenvalue weighted by Crippen LogP contribution is -2.31. The molecule has 0 aromatic carbocycles. The summed E-state index contributed by atoms with van der Waals surface area (Å²) in [6.07, 6.45) is 2.72. The second-order valence-electron chi connectivity index (χ2n) is 3.48. The predicted molar refractivity (Wildman–Crippen MR) is 67.9 cm³/mol. The Morgan fingerprint density at radius 3 is 2.69 bits per heavy atom. The molecule has 16 heavy (non-hydrogen) atoms. The summed E-state index contributed by atoms with van der Waals surface area (Å²) in [5, 5.41) is 2.87. The van der Waals surface area contributed by atoms with Crippen LogP contribution in [0.5, 0.6) is 0 Å². The predicted octanol–water partition coefficient (Wildman–Crippen LogP) is 1.72. The van der Waals surface area contributed by atoms with Crippen LogP contribution in [0.2, 0.25) is 0 Å². The Balaban J connectivity index is 3.18. The van der Waals surface area contributed by atoms with Crippen molar-refractivity contribution in [3.05, 3.63) is 0 Å². The van der Waals surface area contributed by atoms with Gasteiger partial charge in [0.1, 0.15) is 0 Å². The van der Waals surface area contributed by atoms with Gasteiger partial charge in [-0.2, -0.15) is 0 Å². The van der Waals surface area contributed by atoms with Crippen LogP contribution in [-0.4, -0.2) is 44.2 Å². The molecule has 0 aliphatic heterocycles. The fourth-order valence-corrected chi connectivity index (χ4v) is 1.24. The summed E-state index contributed by atoms with van der Waals surface area (Å²) in [7, 11) is 1.66. The normalized spacial score (nSPS) is 12.4. The Labute approximate surface area is 106 Å². The number of carbonyl (C=O) groups is 1. The Hall–Kier alpha value is -0.130. The molecule has 1 atom stereocenters. The van der Waals surface area contributed by atoms with Gasteiger partial charge in [-0.25, -0.2) is 0 Å². The van der Waals surface area contributed by atoms with Crippen LogP contribution in [0.25, 0.3) is 0 Å². The van der Waals surface area contributed by atoms with Gasteiger partial charge < -0.3 is 14.8 Å². The van der Waals surface area contributed by atoms with E-state index in [-0.39, 0.29) is 10.7 Å². The van der Waals surface area contributed by atoms with Crippen molar-refractivity contribution in [2.75, 3.05) is 33.5 Å². The molecule has 0 aromatic rings. The van der Waals surface area contributed by atoms with E-state index in [9.17, 15) is 4.79 Å². The maximum Gasteiger partial charge on any atom is 0.233 e. The molecule has 4 nitrogen and oxygen atoms in total. The summed E-state index contributed by atoms with van der Waals surface area (Å²) >= 11 is 3.30. The van der Waals surface area contributed by atoms with Crippen LogP contribution in [0.1, 0.15) is 26.2 Å². The van der Waals surface area contributed by atoms with Crippen molar-refractivity contribution in [2.45, 2.75) is 31.0 Å². The van der Waals surface area contributed by atoms with E-state index in [4.69, 9.17) is 9.47 Å². The van der Waals surface area contributed by atoms with Gasteiger partial charge in [-0.05, 0) is 19.3 Å². The molecule has 96 valence electrons. The van der Waals surface area contributed by atoms with Crippen molar-refractivity contribution in [1.29, 1.82) is 0 Å². The van der Waals surface area contributed by atoms with Crippen LogP contribution in [0.3, 0.4) is 0 Å². The summed E-state index contributed by atoms with van der Waals surface area (Å²) < 4.78 is 10.2. The zero-order chi connectivity index (χ0) is 12.2. The number of methoxy groups -OCH3 is 1. The summed E-state index contributed by atoms with van der Waals surface area (Å²) in [5.74, 6) is 0.0720. The van der Waals surface area contributed by atoms with Gasteiger partial charge in [0, 0.05) is 20.3 Å². The van der Waals surface area contributed by atoms with Crippen molar-refractivity contribution in [3.8, 4) is 0 Å². The van der Waals surface area contributed by atoms with E-state index in [2.05, 4.69) is 21.2 Å². The quantitative estimate of drug-likeness (QED) is 0.493. The largest absolute Gasteiger partial charge is 0.382 e. The van der Waals surface area contributed by atoms with E-state index in [1.807, 2.05) is 6.92 Å². The number of nitrogens with one attached hydrogen (secondary N) is 1. The molecule has 1 amide bonds. The molecule has 0 spiro atoms. The van der Waals surface area contributed by atoms with Crippen LogP contribution >= 0.6 is 15.9 Å². The summed E-state index contributed by atoms with van der Waals surface area (Å²) in [5.41, 5.74) is 0. The van der Waals surface area contributed by atoms with Crippen molar-refractivity contribution >= 4 is 21.8 Å². The van der Waals surface area contributed by atoms with Gasteiger partial charge in [-0.1, -0.05) is 22.9 Å². The molecule has 0 aliphatic carbocycles. The number of hydrogen-bond acceptors (Lipinski definition) is 3. The van der Waals surface area contributed by atoms with Gasteiger partial charge in [-0.15, -0.1) is 0 Å². The minimum absolute atomic E-state index is 0.0644. The third-order valence-corrected chi connectivity index (χ3v) is 3.15. The van der Waals surface area contributed by atoms with Crippen LogP contribution in [0.15, 0.2) is 0 Å². The Morgan fingerprint density at radius 2 is 2.06 bits per heavy atom. The maximum atomic E-state index is 11.3. The monoisotopic (exact) mass is 295 g/mol. The first-order valence-corrected chi connectivity index (χ1v) is 6.62. The minimum atomic E-state index is -0.0644. The lowest BCUT2D eigenvalue weighted by atomic mass is 10.3. The average Bonchev–Trinajstić information content (AvgIpc) is 2.31. The lowest BCUT2D eigenvalue weighted by molar-refractivity contribution is -0.120. The second kappa shape index (κ2) is 11.4. The Morgan fingerprint density at radius 1 is 1.31 bits per heavy atom. The first-order valence-electron chi connectivity index (χ1n) is 5.70. The number of amides is 1. The third-order valence-electron chi connectivity index (χ3n) is 2.09. The summed E-state index contributed by atoms with van der Waals surface area (Å²) in [6.45, 7) is 4.70. The molecule has 0 bridgehead atoms. The molecule has 1 unspecified atom stereocenters. The summed E-state index contributed by atoms with van der Waals surface area (Å²) in [6, 6.07) is 0. The SMILES string of the molecule is CCC(Br)C(=O)NCCCCOCCOC. The topological polar surface area (TPSA) is 47.6 Å². The highest BCUT2D eigenvalue weighted by atomic mass is 79.9. The van der Waals surface area contributed by atoms with E-state index >= 15 is 0 Å². The van der Waals surface area contributed by atoms with E-state index in [0.717, 1.165) is 25.9 Å². The Kier molecular flexibility index (Phi) is 11.3. The molecule has 5 heteroatoms. The molecule has 0 fully saturated rings. The number of carbonyl (C=O) groups excluding carboxylic acids is 1. The first-order chi connectivity index (χ1) is 7.72. The molecule has 0 saturated heterocycles. The molecule has 0 aromatic heterocycles. The van der Waals surface area contributed by atoms with E-state index in [1.54, 1.807) is 7.11 Å². The smallest absolute Gasteiger partial charge is 0.233 e. The second-order valence-corrected chi connectivity index (χ2v) is 4.58. The van der Waals surface area contributed by atoms with Crippen molar-refractivity contribution in [1.82, 2.24) is 5.32 Å². The fourth-order valence-electron chi connectivity index (χ4n) is 1.08. The minimum Gasteiger partial charge on any atom is -0.382 e. The van der Waals surface area contributed by atoms with Crippen molar-refractivity contribution in [2.24, 2.45) is 0 Å². The molecule has 0 aliphatic rings. The van der Waals surface area contributed by atoms with Gasteiger partial charge >= 0.3 is 0 Å². The van der Waals surface area contributed by atoms with Crippen LogP contribution in [0.4, 0.5) is 0 Å². The van der Waals surface area contributed by atoms with E-state index in [0.29, 0.717) is 19.8 Å². The highest BCUT2D eigenvalue weighted by Crippen LogP contribution is 2.03. The highest BCUT2D eigenvalue weighted by molar-refractivity contribution is 9.10. The number of alkyl halides is 1. The van der Waals surface area contributed by atoms with E-state index in [1.165, 1.54) is 0 Å². The van der Waals surface area contributed by atoms with Gasteiger partial charge in [0.15, 0.2) is 0 Å². The number of hydrogen-bond donors (Lipinski definition) is 1. The fraction of sp³-hybridized carbons (Fsp3) is 0.909. The van der Waals surface area contributed by atoms with Gasteiger partial charge in [0.05, 0.1) is 18.0 Å². The molecular weight excluding hydrogens is 274 g/mol. The third kappa shape index (κ3) is 9.12. The van der Waals surface area contributed by atoms with Crippen molar-refractivity contribution in [3.63, 3.8) is 0 Å². The van der Waals surface area contributed by atoms with E-state index < -0.39 is 0 Å². The molecule has 0 heterocycles. The molecule has 0 saturated carbocycles. The number of ether oxygens (including phenoxy) is 2. The zero-order valence-corrected chi connectivity index (χ0v) is 11.7. The van der Waals surface area contributed by atoms with Crippen molar-refractivity contribution < 1.29 is 14.3 Å². The van der Waals surface area contributed by atoms with Gasteiger partial charge in [0.25, 0.3) is 0 Å². The van der Waals surface area contributed by atoms with Crippen LogP contribution in [0, 0.1) is 0 Å². The van der Waals surface area contributed by atoms with Crippen LogP contribution < -0.4 is 5.32 Å². The van der Waals surface area contributed by atoms with Gasteiger partial charge in [0.2, 0.25) is 5.91 Å². The molecule has 1 N–H and O–H groups in total. The first kappa shape index (κ1) is 15.9. The Bertz CT molecular complexity index is 179. The number of unbranched alkanes of at least 4 members (excludes halogenated alkanes) is 1. The molecular formula is C11H22BrNO3. The number of rotatable bonds is 10. The average molecular weight is 296 g/mol. The van der Waals surface area contributed by atoms with Gasteiger partial charge in [-0.3, -0.25) is 4.79 Å². The van der Waals surface area contributed by atoms with Crippen LogP contribution in [-0.2, 0) is 14.3 Å². The number of halogens is 1. The maximum absolute atomic E-state index is 11.3. The molecule has 0 rings (SSSR count). The highest BCUT2D eigenvalue weighted by Gasteiger charge is 2.10. The zero-order valence-electron chi connectivity index (χ0n) is 10.1. The standard InChI is InChI=1S/C11H22BrNO3/c1-3-10(12)11(14)13-6-4-5-7-16-9-8-15-2/h10H,3-9H2,1-2H3,(H,13,14). The lowest BCUT2D eigenvalue weighted by Gasteiger charge is -2.08. The molecule has 0 radical (unpaired) electrons. The summed E-state index contributed by atoms with van der Waals surface area (Å²) in [4.78, 5) is 11.3.